The Labute approximate surface area is 118 Å². The smallest absolute Gasteiger partial charge is 0.309 e. The highest BCUT2D eigenvalue weighted by atomic mass is 16.5. The minimum atomic E-state index is -1.56. The highest BCUT2D eigenvalue weighted by Crippen LogP contribution is 2.65. The van der Waals surface area contributed by atoms with Gasteiger partial charge in [-0.25, -0.2) is 0 Å². The lowest BCUT2D eigenvalue weighted by atomic mass is 9.70. The maximum absolute atomic E-state index is 12.1. The van der Waals surface area contributed by atoms with Crippen molar-refractivity contribution in [2.24, 2.45) is 23.2 Å². The summed E-state index contributed by atoms with van der Waals surface area (Å²) in [5.41, 5.74) is -1.44. The van der Waals surface area contributed by atoms with E-state index >= 15 is 0 Å². The molecule has 1 spiro atoms. The van der Waals surface area contributed by atoms with Gasteiger partial charge in [-0.15, -0.1) is 0 Å². The number of Topliss-reactive ketones (excluding diaryl/α,β-unsaturated/α-hetero) is 1. The third kappa shape index (κ3) is 1.78. The number of ketones is 1. The molecule has 3 unspecified atom stereocenters. The molecule has 0 saturated heterocycles. The van der Waals surface area contributed by atoms with E-state index in [9.17, 15) is 14.7 Å². The summed E-state index contributed by atoms with van der Waals surface area (Å²) >= 11 is 0. The third-order valence-electron chi connectivity index (χ3n) is 5.34. The molecule has 2 bridgehead atoms. The molecule has 0 radical (unpaired) electrons. The van der Waals surface area contributed by atoms with Crippen LogP contribution in [0.3, 0.4) is 0 Å². The Bertz CT molecular complexity index is 515. The molecular formula is C16H20O4. The van der Waals surface area contributed by atoms with Gasteiger partial charge in [-0.3, -0.25) is 9.59 Å². The fourth-order valence-electron chi connectivity index (χ4n) is 3.88. The van der Waals surface area contributed by atoms with Gasteiger partial charge in [0.05, 0.1) is 13.0 Å². The summed E-state index contributed by atoms with van der Waals surface area (Å²) in [4.78, 5) is 23.9. The van der Waals surface area contributed by atoms with Crippen LogP contribution in [0.4, 0.5) is 0 Å². The summed E-state index contributed by atoms with van der Waals surface area (Å²) in [6, 6.07) is 0. The van der Waals surface area contributed by atoms with E-state index < -0.39 is 11.5 Å². The summed E-state index contributed by atoms with van der Waals surface area (Å²) in [5, 5.41) is 10.6. The molecule has 3 aliphatic carbocycles. The number of allylic oxidation sites excluding steroid dienone is 3. The molecule has 108 valence electrons. The first-order valence-electron chi connectivity index (χ1n) is 7.12. The molecule has 3 aliphatic rings. The van der Waals surface area contributed by atoms with Gasteiger partial charge in [0.1, 0.15) is 5.60 Å². The van der Waals surface area contributed by atoms with E-state index in [1.165, 1.54) is 14.0 Å². The predicted molar refractivity (Wildman–Crippen MR) is 72.7 cm³/mol. The highest BCUT2D eigenvalue weighted by Gasteiger charge is 2.60. The Morgan fingerprint density at radius 2 is 1.95 bits per heavy atom. The minimum absolute atomic E-state index is 0.0655. The van der Waals surface area contributed by atoms with Crippen LogP contribution in [-0.2, 0) is 14.3 Å². The van der Waals surface area contributed by atoms with Gasteiger partial charge < -0.3 is 9.84 Å². The summed E-state index contributed by atoms with van der Waals surface area (Å²) in [5.74, 6) is -0.834. The van der Waals surface area contributed by atoms with E-state index in [0.717, 1.165) is 12.8 Å². The van der Waals surface area contributed by atoms with Gasteiger partial charge in [-0.05, 0) is 37.2 Å². The van der Waals surface area contributed by atoms with Crippen LogP contribution in [0.15, 0.2) is 24.3 Å². The van der Waals surface area contributed by atoms with Crippen LogP contribution < -0.4 is 0 Å². The molecule has 4 heteroatoms. The zero-order valence-corrected chi connectivity index (χ0v) is 11.8. The van der Waals surface area contributed by atoms with Crippen LogP contribution in [0.5, 0.6) is 0 Å². The van der Waals surface area contributed by atoms with Gasteiger partial charge in [0.2, 0.25) is 0 Å². The fraction of sp³-hybridized carbons (Fsp3) is 0.625. The largest absolute Gasteiger partial charge is 0.469 e. The number of carbonyl (C=O) groups is 2. The van der Waals surface area contributed by atoms with Crippen molar-refractivity contribution in [3.8, 4) is 0 Å². The zero-order valence-electron chi connectivity index (χ0n) is 11.8. The number of esters is 1. The van der Waals surface area contributed by atoms with Crippen LogP contribution in [0, 0.1) is 23.2 Å². The van der Waals surface area contributed by atoms with E-state index in [2.05, 4.69) is 12.2 Å². The van der Waals surface area contributed by atoms with Crippen LogP contribution in [-0.4, -0.2) is 29.6 Å². The molecule has 0 amide bonds. The Balaban J connectivity index is 2.03. The second-order valence-corrected chi connectivity index (χ2v) is 6.34. The van der Waals surface area contributed by atoms with Gasteiger partial charge >= 0.3 is 5.97 Å². The quantitative estimate of drug-likeness (QED) is 0.615. The normalized spacial score (nSPS) is 41.9. The van der Waals surface area contributed by atoms with Crippen LogP contribution in [0.2, 0.25) is 0 Å². The van der Waals surface area contributed by atoms with Crippen molar-refractivity contribution in [1.29, 1.82) is 0 Å². The summed E-state index contributed by atoms with van der Waals surface area (Å²) in [7, 11) is 1.36. The van der Waals surface area contributed by atoms with Crippen molar-refractivity contribution in [3.05, 3.63) is 24.3 Å². The Hall–Kier alpha value is -1.42. The Morgan fingerprint density at radius 1 is 1.25 bits per heavy atom. The summed E-state index contributed by atoms with van der Waals surface area (Å²) < 4.78 is 4.91. The van der Waals surface area contributed by atoms with Gasteiger partial charge in [0, 0.05) is 12.3 Å². The second-order valence-electron chi connectivity index (χ2n) is 6.34. The molecule has 20 heavy (non-hydrogen) atoms. The van der Waals surface area contributed by atoms with Crippen LogP contribution in [0.25, 0.3) is 0 Å². The molecular weight excluding hydrogens is 256 g/mol. The molecule has 0 aromatic heterocycles. The molecule has 0 heterocycles. The van der Waals surface area contributed by atoms with Crippen molar-refractivity contribution in [3.63, 3.8) is 0 Å². The van der Waals surface area contributed by atoms with Crippen molar-refractivity contribution < 1.29 is 19.4 Å². The molecule has 0 aromatic rings. The second kappa shape index (κ2) is 4.29. The number of hydrogen-bond donors (Lipinski definition) is 1. The average Bonchev–Trinajstić information content (AvgIpc) is 3.10. The van der Waals surface area contributed by atoms with Crippen LogP contribution >= 0.6 is 0 Å². The molecule has 1 N–H and O–H groups in total. The Kier molecular flexibility index (Phi) is 2.91. The monoisotopic (exact) mass is 276 g/mol. The molecule has 0 aromatic carbocycles. The third-order valence-corrected chi connectivity index (χ3v) is 5.34. The van der Waals surface area contributed by atoms with Gasteiger partial charge in [0.25, 0.3) is 0 Å². The SMILES string of the molecule is COC(=O)[C@H]1CC(O)(C(C)=O)/C=C\C2C=CC1C21CC1. The standard InChI is InChI=1S/C16H20O4/c1-10(17)16(19)6-5-11-3-4-13(15(11)7-8-15)12(9-16)14(18)20-2/h3-6,11-13,19H,7-9H2,1-2H3/b6-5-/t11?,12-,13?,16?/m0/s1. The minimum Gasteiger partial charge on any atom is -0.469 e. The number of methoxy groups -OCH3 is 1. The Morgan fingerprint density at radius 3 is 2.50 bits per heavy atom. The first kappa shape index (κ1) is 13.6. The van der Waals surface area contributed by atoms with Crippen molar-refractivity contribution >= 4 is 11.8 Å². The van der Waals surface area contributed by atoms with E-state index in [1.54, 1.807) is 6.08 Å². The number of carbonyl (C=O) groups excluding carboxylic acids is 2. The van der Waals surface area contributed by atoms with Crippen molar-refractivity contribution in [2.45, 2.75) is 31.8 Å². The maximum atomic E-state index is 12.1. The van der Waals surface area contributed by atoms with Crippen LogP contribution in [0.1, 0.15) is 26.2 Å². The first-order chi connectivity index (χ1) is 9.43. The number of rotatable bonds is 2. The lowest BCUT2D eigenvalue weighted by molar-refractivity contribution is -0.151. The number of ether oxygens (including phenoxy) is 1. The maximum Gasteiger partial charge on any atom is 0.309 e. The predicted octanol–water partition coefficient (Wildman–Crippen LogP) is 1.64. The van der Waals surface area contributed by atoms with E-state index in [1.807, 2.05) is 6.08 Å². The zero-order chi connectivity index (χ0) is 14.5. The van der Waals surface area contributed by atoms with Crippen molar-refractivity contribution in [2.75, 3.05) is 7.11 Å². The van der Waals surface area contributed by atoms with E-state index in [4.69, 9.17) is 4.74 Å². The molecule has 1 saturated carbocycles. The summed E-state index contributed by atoms with van der Waals surface area (Å²) in [6.45, 7) is 1.36. The topological polar surface area (TPSA) is 63.6 Å². The van der Waals surface area contributed by atoms with E-state index in [-0.39, 0.29) is 35.4 Å². The fourth-order valence-corrected chi connectivity index (χ4v) is 3.88. The highest BCUT2D eigenvalue weighted by molar-refractivity contribution is 5.88. The molecule has 4 nitrogen and oxygen atoms in total. The summed E-state index contributed by atoms with van der Waals surface area (Å²) in [6.07, 6.45) is 10.00. The average molecular weight is 276 g/mol. The molecule has 1 fully saturated rings. The number of aliphatic hydroxyl groups is 1. The van der Waals surface area contributed by atoms with E-state index in [0.29, 0.717) is 0 Å². The van der Waals surface area contributed by atoms with Gasteiger partial charge in [0.15, 0.2) is 5.78 Å². The molecule has 4 atom stereocenters. The van der Waals surface area contributed by atoms with Gasteiger partial charge in [-0.1, -0.05) is 18.2 Å². The lowest BCUT2D eigenvalue weighted by Crippen LogP contribution is -2.43. The lowest BCUT2D eigenvalue weighted by Gasteiger charge is -2.35. The molecule has 3 rings (SSSR count). The van der Waals surface area contributed by atoms with Gasteiger partial charge in [-0.2, -0.15) is 0 Å². The van der Waals surface area contributed by atoms with Crippen molar-refractivity contribution in [1.82, 2.24) is 0 Å². The first-order valence-corrected chi connectivity index (χ1v) is 7.12. The molecule has 0 aliphatic heterocycles. The number of hydrogen-bond acceptors (Lipinski definition) is 4.